The van der Waals surface area contributed by atoms with Gasteiger partial charge in [0, 0.05) is 32.2 Å². The van der Waals surface area contributed by atoms with E-state index in [1.807, 2.05) is 30.3 Å². The predicted octanol–water partition coefficient (Wildman–Crippen LogP) is 4.79. The van der Waals surface area contributed by atoms with Crippen molar-refractivity contribution in [2.24, 2.45) is 0 Å². The van der Waals surface area contributed by atoms with E-state index in [4.69, 9.17) is 0 Å². The standard InChI is InChI=1S/C24H20F4N2O/c25-18-8-6-17(7-9-18)23(16-4-2-1-3-5-16)29-10-12-30(13-11-29)24(31)19-14-21(27)22(28)15-20(19)26/h1-9,14-15,23H,10-13H2/t23-/m1/s1. The van der Waals surface area contributed by atoms with Crippen LogP contribution >= 0.6 is 0 Å². The van der Waals surface area contributed by atoms with Crippen molar-refractivity contribution in [3.05, 3.63) is 107 Å². The molecule has 1 aliphatic rings. The average Bonchev–Trinajstić information content (AvgIpc) is 2.78. The number of amides is 1. The van der Waals surface area contributed by atoms with E-state index >= 15 is 0 Å². The molecule has 3 nitrogen and oxygen atoms in total. The molecule has 1 saturated heterocycles. The van der Waals surface area contributed by atoms with Gasteiger partial charge in [0.15, 0.2) is 11.6 Å². The first-order chi connectivity index (χ1) is 14.9. The molecule has 1 amide bonds. The number of nitrogens with zero attached hydrogens (tertiary/aromatic N) is 2. The lowest BCUT2D eigenvalue weighted by molar-refractivity contribution is 0.0592. The Morgan fingerprint density at radius 2 is 1.29 bits per heavy atom. The van der Waals surface area contributed by atoms with Crippen molar-refractivity contribution in [1.29, 1.82) is 0 Å². The molecule has 160 valence electrons. The Morgan fingerprint density at radius 1 is 0.710 bits per heavy atom. The molecule has 0 unspecified atom stereocenters. The molecule has 1 heterocycles. The number of carbonyl (C=O) groups is 1. The molecule has 1 aliphatic heterocycles. The molecule has 0 saturated carbocycles. The van der Waals surface area contributed by atoms with Crippen LogP contribution in [-0.4, -0.2) is 41.9 Å². The van der Waals surface area contributed by atoms with Gasteiger partial charge < -0.3 is 4.90 Å². The van der Waals surface area contributed by atoms with E-state index in [0.717, 1.165) is 11.1 Å². The monoisotopic (exact) mass is 428 g/mol. The van der Waals surface area contributed by atoms with Crippen molar-refractivity contribution in [3.63, 3.8) is 0 Å². The van der Waals surface area contributed by atoms with E-state index in [9.17, 15) is 22.4 Å². The maximum absolute atomic E-state index is 14.0. The van der Waals surface area contributed by atoms with Gasteiger partial charge in [-0.1, -0.05) is 42.5 Å². The summed E-state index contributed by atoms with van der Waals surface area (Å²) in [5, 5.41) is 0. The molecule has 3 aromatic carbocycles. The van der Waals surface area contributed by atoms with Crippen molar-refractivity contribution >= 4 is 5.91 Å². The van der Waals surface area contributed by atoms with E-state index in [1.54, 1.807) is 12.1 Å². The number of benzene rings is 3. The normalized spacial score (nSPS) is 15.7. The third-order valence-electron chi connectivity index (χ3n) is 5.51. The smallest absolute Gasteiger partial charge is 0.257 e. The maximum atomic E-state index is 14.0. The molecule has 31 heavy (non-hydrogen) atoms. The largest absolute Gasteiger partial charge is 0.336 e. The molecule has 0 N–H and O–H groups in total. The molecule has 4 rings (SSSR count). The molecule has 1 fully saturated rings. The minimum atomic E-state index is -1.33. The third kappa shape index (κ3) is 4.46. The van der Waals surface area contributed by atoms with Gasteiger partial charge in [-0.25, -0.2) is 17.6 Å². The molecular weight excluding hydrogens is 408 g/mol. The van der Waals surface area contributed by atoms with E-state index in [2.05, 4.69) is 4.90 Å². The fourth-order valence-corrected chi connectivity index (χ4v) is 3.93. The summed E-state index contributed by atoms with van der Waals surface area (Å²) in [4.78, 5) is 16.3. The number of hydrogen-bond donors (Lipinski definition) is 0. The first kappa shape index (κ1) is 21.1. The van der Waals surface area contributed by atoms with Crippen LogP contribution in [0, 0.1) is 23.3 Å². The Kier molecular flexibility index (Phi) is 6.04. The molecule has 0 aliphatic carbocycles. The molecule has 0 aromatic heterocycles. The molecule has 7 heteroatoms. The van der Waals surface area contributed by atoms with Gasteiger partial charge in [0.05, 0.1) is 11.6 Å². The summed E-state index contributed by atoms with van der Waals surface area (Å²) in [5.41, 5.74) is 1.46. The second-order valence-electron chi connectivity index (χ2n) is 7.44. The minimum absolute atomic E-state index is 0.140. The zero-order chi connectivity index (χ0) is 22.0. The number of piperazine rings is 1. The fourth-order valence-electron chi connectivity index (χ4n) is 3.93. The molecular formula is C24H20F4N2O. The average molecular weight is 428 g/mol. The SMILES string of the molecule is O=C(c1cc(F)c(F)cc1F)N1CCN([C@H](c2ccccc2)c2ccc(F)cc2)CC1. The molecule has 1 atom stereocenters. The van der Waals surface area contributed by atoms with Gasteiger partial charge in [0.1, 0.15) is 11.6 Å². The first-order valence-electron chi connectivity index (χ1n) is 9.92. The van der Waals surface area contributed by atoms with Gasteiger partial charge >= 0.3 is 0 Å². The van der Waals surface area contributed by atoms with Gasteiger partial charge in [-0.05, 0) is 29.3 Å². The van der Waals surface area contributed by atoms with Gasteiger partial charge in [-0.15, -0.1) is 0 Å². The lowest BCUT2D eigenvalue weighted by atomic mass is 9.96. The van der Waals surface area contributed by atoms with E-state index in [0.29, 0.717) is 38.3 Å². The van der Waals surface area contributed by atoms with Crippen molar-refractivity contribution in [3.8, 4) is 0 Å². The second kappa shape index (κ2) is 8.89. The van der Waals surface area contributed by atoms with Crippen molar-refractivity contribution in [2.45, 2.75) is 6.04 Å². The van der Waals surface area contributed by atoms with E-state index in [1.165, 1.54) is 17.0 Å². The predicted molar refractivity (Wildman–Crippen MR) is 108 cm³/mol. The van der Waals surface area contributed by atoms with Crippen LogP contribution in [0.1, 0.15) is 27.5 Å². The summed E-state index contributed by atoms with van der Waals surface area (Å²) in [5.74, 6) is -4.67. The van der Waals surface area contributed by atoms with Crippen LogP contribution in [0.25, 0.3) is 0 Å². The summed E-state index contributed by atoms with van der Waals surface area (Å²) in [6.45, 7) is 1.55. The summed E-state index contributed by atoms with van der Waals surface area (Å²) in [6.07, 6.45) is 0. The highest BCUT2D eigenvalue weighted by Gasteiger charge is 2.30. The van der Waals surface area contributed by atoms with Crippen molar-refractivity contribution in [1.82, 2.24) is 9.80 Å². The Morgan fingerprint density at radius 3 is 1.94 bits per heavy atom. The lowest BCUT2D eigenvalue weighted by Crippen LogP contribution is -2.50. The highest BCUT2D eigenvalue weighted by Crippen LogP contribution is 2.30. The summed E-state index contributed by atoms with van der Waals surface area (Å²) in [6, 6.07) is 16.9. The van der Waals surface area contributed by atoms with Gasteiger partial charge in [0.25, 0.3) is 5.91 Å². The van der Waals surface area contributed by atoms with Crippen LogP contribution in [-0.2, 0) is 0 Å². The zero-order valence-electron chi connectivity index (χ0n) is 16.6. The summed E-state index contributed by atoms with van der Waals surface area (Å²) < 4.78 is 54.2. The van der Waals surface area contributed by atoms with Crippen LogP contribution in [0.2, 0.25) is 0 Å². The molecule has 3 aromatic rings. The topological polar surface area (TPSA) is 23.6 Å². The number of rotatable bonds is 4. The van der Waals surface area contributed by atoms with Crippen LogP contribution in [0.3, 0.4) is 0 Å². The van der Waals surface area contributed by atoms with Gasteiger partial charge in [-0.3, -0.25) is 9.69 Å². The van der Waals surface area contributed by atoms with Crippen LogP contribution < -0.4 is 0 Å². The molecule has 0 spiro atoms. The Balaban J connectivity index is 1.53. The first-order valence-corrected chi connectivity index (χ1v) is 9.92. The lowest BCUT2D eigenvalue weighted by Gasteiger charge is -2.39. The number of halogens is 4. The zero-order valence-corrected chi connectivity index (χ0v) is 16.6. The highest BCUT2D eigenvalue weighted by molar-refractivity contribution is 5.94. The van der Waals surface area contributed by atoms with Gasteiger partial charge in [-0.2, -0.15) is 0 Å². The van der Waals surface area contributed by atoms with E-state index in [-0.39, 0.29) is 11.9 Å². The highest BCUT2D eigenvalue weighted by atomic mass is 19.2. The van der Waals surface area contributed by atoms with Crippen molar-refractivity contribution < 1.29 is 22.4 Å². The quantitative estimate of drug-likeness (QED) is 0.441. The molecule has 0 bridgehead atoms. The maximum Gasteiger partial charge on any atom is 0.257 e. The van der Waals surface area contributed by atoms with Crippen LogP contribution in [0.5, 0.6) is 0 Å². The Bertz CT molecular complexity index is 1060. The van der Waals surface area contributed by atoms with Crippen LogP contribution in [0.15, 0.2) is 66.7 Å². The minimum Gasteiger partial charge on any atom is -0.336 e. The summed E-state index contributed by atoms with van der Waals surface area (Å²) >= 11 is 0. The van der Waals surface area contributed by atoms with E-state index < -0.39 is 28.9 Å². The molecule has 0 radical (unpaired) electrons. The Hall–Kier alpha value is -3.19. The number of carbonyl (C=O) groups excluding carboxylic acids is 1. The van der Waals surface area contributed by atoms with Gasteiger partial charge in [0.2, 0.25) is 0 Å². The number of hydrogen-bond acceptors (Lipinski definition) is 2. The Labute approximate surface area is 177 Å². The second-order valence-corrected chi connectivity index (χ2v) is 7.44. The van der Waals surface area contributed by atoms with Crippen LogP contribution in [0.4, 0.5) is 17.6 Å². The summed E-state index contributed by atoms with van der Waals surface area (Å²) in [7, 11) is 0. The third-order valence-corrected chi connectivity index (χ3v) is 5.51. The van der Waals surface area contributed by atoms with Crippen molar-refractivity contribution in [2.75, 3.05) is 26.2 Å². The fraction of sp³-hybridized carbons (Fsp3) is 0.208.